The fourth-order valence-corrected chi connectivity index (χ4v) is 5.51. The van der Waals surface area contributed by atoms with E-state index in [1.807, 2.05) is 36.6 Å². The molecule has 1 aromatic carbocycles. The molecule has 7 heteroatoms. The first-order chi connectivity index (χ1) is 12.9. The number of rotatable bonds is 3. The quantitative estimate of drug-likeness (QED) is 0.799. The molecule has 0 spiro atoms. The average molecular weight is 392 g/mol. The molecule has 5 nitrogen and oxygen atoms in total. The summed E-state index contributed by atoms with van der Waals surface area (Å²) in [4.78, 5) is 15.7. The zero-order valence-electron chi connectivity index (χ0n) is 15.8. The van der Waals surface area contributed by atoms with Gasteiger partial charge in [-0.1, -0.05) is 6.08 Å². The zero-order valence-corrected chi connectivity index (χ0v) is 16.6. The lowest BCUT2D eigenvalue weighted by molar-refractivity contribution is -0.00544. The molecule has 1 unspecified atom stereocenters. The van der Waals surface area contributed by atoms with Gasteiger partial charge in [-0.15, -0.1) is 11.8 Å². The standard InChI is InChI=1S/C20H25FN2O3S/c1-11-10-27-20(25)23(11)17-5-4-15-16(17)6-14(9-24)19(18(15)21)22-7-12(2)26-13(3)8-22/h5-6,9,11-13,20,25H,4,7-8,10H2,1-3H3/t11-,12-,13-,20?/m1/s1. The first-order valence-corrected chi connectivity index (χ1v) is 10.4. The van der Waals surface area contributed by atoms with Crippen LogP contribution in [0.4, 0.5) is 10.1 Å². The molecule has 0 radical (unpaired) electrons. The van der Waals surface area contributed by atoms with E-state index in [1.54, 1.807) is 6.07 Å². The molecule has 2 saturated heterocycles. The summed E-state index contributed by atoms with van der Waals surface area (Å²) in [6, 6.07) is 1.94. The Labute approximate surface area is 163 Å². The third kappa shape index (κ3) is 3.15. The highest BCUT2D eigenvalue weighted by atomic mass is 32.2. The van der Waals surface area contributed by atoms with E-state index in [-0.39, 0.29) is 24.1 Å². The van der Waals surface area contributed by atoms with Crippen molar-refractivity contribution >= 4 is 29.4 Å². The summed E-state index contributed by atoms with van der Waals surface area (Å²) in [7, 11) is 0. The molecule has 1 N–H and O–H groups in total. The number of aliphatic hydroxyl groups excluding tert-OH is 1. The van der Waals surface area contributed by atoms with Crippen LogP contribution in [0.25, 0.3) is 5.70 Å². The number of anilines is 1. The van der Waals surface area contributed by atoms with Crippen molar-refractivity contribution in [2.45, 2.75) is 51.0 Å². The molecular formula is C20H25FN2O3S. The van der Waals surface area contributed by atoms with Crippen molar-refractivity contribution in [1.29, 1.82) is 0 Å². The summed E-state index contributed by atoms with van der Waals surface area (Å²) in [6.45, 7) is 7.08. The second-order valence-electron chi connectivity index (χ2n) is 7.64. The van der Waals surface area contributed by atoms with Crippen LogP contribution in [-0.4, -0.2) is 58.9 Å². The molecule has 2 fully saturated rings. The lowest BCUT2D eigenvalue weighted by atomic mass is 10.00. The molecule has 0 amide bonds. The number of hydrogen-bond donors (Lipinski definition) is 1. The van der Waals surface area contributed by atoms with Crippen LogP contribution in [0, 0.1) is 5.82 Å². The molecule has 3 aliphatic rings. The lowest BCUT2D eigenvalue weighted by Crippen LogP contribution is -2.46. The maximum atomic E-state index is 15.6. The molecule has 1 aliphatic carbocycles. The summed E-state index contributed by atoms with van der Waals surface area (Å²) in [6.07, 6.45) is 3.12. The molecule has 4 rings (SSSR count). The van der Waals surface area contributed by atoms with Gasteiger partial charge < -0.3 is 19.6 Å². The Hall–Kier alpha value is -1.57. The summed E-state index contributed by atoms with van der Waals surface area (Å²) >= 11 is 1.47. The fourth-order valence-electron chi connectivity index (χ4n) is 4.41. The highest BCUT2D eigenvalue weighted by molar-refractivity contribution is 7.99. The summed E-state index contributed by atoms with van der Waals surface area (Å²) in [5.41, 5.74) is 2.25. The molecule has 0 saturated carbocycles. The van der Waals surface area contributed by atoms with Crippen molar-refractivity contribution in [1.82, 2.24) is 4.90 Å². The number of aldehydes is 1. The van der Waals surface area contributed by atoms with Gasteiger partial charge in [0.25, 0.3) is 0 Å². The topological polar surface area (TPSA) is 53.0 Å². The van der Waals surface area contributed by atoms with Gasteiger partial charge in [0.1, 0.15) is 0 Å². The number of thioether (sulfide) groups is 1. The highest BCUT2D eigenvalue weighted by Crippen LogP contribution is 2.42. The van der Waals surface area contributed by atoms with E-state index >= 15 is 4.39 Å². The van der Waals surface area contributed by atoms with Gasteiger partial charge in [-0.25, -0.2) is 4.39 Å². The molecule has 27 heavy (non-hydrogen) atoms. The summed E-state index contributed by atoms with van der Waals surface area (Å²) < 4.78 is 21.3. The molecule has 2 heterocycles. The molecule has 146 valence electrons. The van der Waals surface area contributed by atoms with Gasteiger partial charge in [0.2, 0.25) is 0 Å². The lowest BCUT2D eigenvalue weighted by Gasteiger charge is -2.38. The molecule has 0 bridgehead atoms. The molecule has 1 aromatic rings. The third-order valence-electron chi connectivity index (χ3n) is 5.49. The van der Waals surface area contributed by atoms with E-state index in [1.165, 1.54) is 11.8 Å². The maximum Gasteiger partial charge on any atom is 0.176 e. The predicted octanol–water partition coefficient (Wildman–Crippen LogP) is 2.86. The van der Waals surface area contributed by atoms with Crippen molar-refractivity contribution in [2.75, 3.05) is 23.7 Å². The minimum Gasteiger partial charge on any atom is -0.372 e. The van der Waals surface area contributed by atoms with Crippen LogP contribution in [-0.2, 0) is 11.2 Å². The Morgan fingerprint density at radius 1 is 1.30 bits per heavy atom. The number of aliphatic hydroxyl groups is 1. The number of benzene rings is 1. The zero-order chi connectivity index (χ0) is 19.3. The third-order valence-corrected chi connectivity index (χ3v) is 6.69. The van der Waals surface area contributed by atoms with Crippen molar-refractivity contribution in [3.63, 3.8) is 0 Å². The van der Waals surface area contributed by atoms with E-state index < -0.39 is 5.56 Å². The maximum absolute atomic E-state index is 15.6. The van der Waals surface area contributed by atoms with Crippen molar-refractivity contribution in [3.8, 4) is 0 Å². The predicted molar refractivity (Wildman–Crippen MR) is 105 cm³/mol. The molecular weight excluding hydrogens is 367 g/mol. The van der Waals surface area contributed by atoms with Gasteiger partial charge in [-0.2, -0.15) is 0 Å². The van der Waals surface area contributed by atoms with Crippen LogP contribution in [0.2, 0.25) is 0 Å². The Kier molecular flexibility index (Phi) is 4.94. The Bertz CT molecular complexity index is 780. The van der Waals surface area contributed by atoms with E-state index in [4.69, 9.17) is 4.74 Å². The van der Waals surface area contributed by atoms with Crippen LogP contribution in [0.5, 0.6) is 0 Å². The number of carbonyl (C=O) groups is 1. The SMILES string of the molecule is C[C@@H]1CN(c2c(C=O)cc3c(c2F)CC=C3N2C(O)SC[C@H]2C)C[C@@H](C)O1. The number of halogens is 1. The summed E-state index contributed by atoms with van der Waals surface area (Å²) in [5, 5.41) is 10.3. The Balaban J connectivity index is 1.75. The minimum absolute atomic E-state index is 0.0211. The van der Waals surface area contributed by atoms with Gasteiger partial charge in [0.15, 0.2) is 17.7 Å². The Morgan fingerprint density at radius 2 is 2.00 bits per heavy atom. The van der Waals surface area contributed by atoms with Crippen LogP contribution < -0.4 is 4.90 Å². The minimum atomic E-state index is -0.638. The number of morpholine rings is 1. The van der Waals surface area contributed by atoms with E-state index in [0.717, 1.165) is 23.3 Å². The second kappa shape index (κ2) is 7.11. The molecule has 0 aromatic heterocycles. The van der Waals surface area contributed by atoms with Gasteiger partial charge in [-0.3, -0.25) is 4.79 Å². The van der Waals surface area contributed by atoms with Crippen molar-refractivity contribution in [3.05, 3.63) is 34.6 Å². The van der Waals surface area contributed by atoms with Crippen LogP contribution >= 0.6 is 11.8 Å². The summed E-state index contributed by atoms with van der Waals surface area (Å²) in [5.74, 6) is 0.495. The van der Waals surface area contributed by atoms with E-state index in [9.17, 15) is 9.90 Å². The van der Waals surface area contributed by atoms with Crippen LogP contribution in [0.3, 0.4) is 0 Å². The normalized spacial score (nSPS) is 30.5. The first kappa shape index (κ1) is 18.8. The number of carbonyl (C=O) groups excluding carboxylic acids is 1. The number of hydrogen-bond acceptors (Lipinski definition) is 6. The number of fused-ring (bicyclic) bond motifs is 1. The first-order valence-electron chi connectivity index (χ1n) is 9.40. The van der Waals surface area contributed by atoms with Gasteiger partial charge in [0.05, 0.1) is 17.9 Å². The van der Waals surface area contributed by atoms with Crippen molar-refractivity contribution in [2.24, 2.45) is 0 Å². The monoisotopic (exact) mass is 392 g/mol. The smallest absolute Gasteiger partial charge is 0.176 e. The highest BCUT2D eigenvalue weighted by Gasteiger charge is 2.36. The molecule has 4 atom stereocenters. The number of nitrogens with zero attached hydrogens (tertiary/aromatic N) is 2. The van der Waals surface area contributed by atoms with Gasteiger partial charge in [0, 0.05) is 47.3 Å². The van der Waals surface area contributed by atoms with E-state index in [0.29, 0.717) is 36.3 Å². The van der Waals surface area contributed by atoms with Gasteiger partial charge in [-0.05, 0) is 33.3 Å². The van der Waals surface area contributed by atoms with Crippen LogP contribution in [0.1, 0.15) is 42.3 Å². The van der Waals surface area contributed by atoms with E-state index in [2.05, 4.69) is 0 Å². The van der Waals surface area contributed by atoms with Gasteiger partial charge >= 0.3 is 0 Å². The fraction of sp³-hybridized carbons (Fsp3) is 0.550. The second-order valence-corrected chi connectivity index (χ2v) is 8.73. The number of ether oxygens (including phenoxy) is 1. The van der Waals surface area contributed by atoms with Crippen LogP contribution in [0.15, 0.2) is 12.1 Å². The average Bonchev–Trinajstić information content (AvgIpc) is 3.16. The largest absolute Gasteiger partial charge is 0.372 e. The Morgan fingerprint density at radius 3 is 2.59 bits per heavy atom. The number of allylic oxidation sites excluding steroid dienone is 1. The van der Waals surface area contributed by atoms with Crippen molar-refractivity contribution < 1.29 is 19.0 Å². The molecule has 2 aliphatic heterocycles.